The second-order valence-corrected chi connectivity index (χ2v) is 4.60. The van der Waals surface area contributed by atoms with Crippen molar-refractivity contribution in [3.8, 4) is 0 Å². The van der Waals surface area contributed by atoms with Gasteiger partial charge in [0.05, 0.1) is 0 Å². The Labute approximate surface area is 124 Å². The lowest BCUT2D eigenvalue weighted by Gasteiger charge is -2.09. The fourth-order valence-corrected chi connectivity index (χ4v) is 1.91. The van der Waals surface area contributed by atoms with E-state index >= 15 is 0 Å². The Morgan fingerprint density at radius 1 is 1.22 bits per heavy atom. The third-order valence-corrected chi connectivity index (χ3v) is 3.02. The van der Waals surface area contributed by atoms with Crippen molar-refractivity contribution in [3.63, 3.8) is 0 Å². The monoisotopic (exact) mass is 331 g/mol. The molecule has 0 bridgehead atoms. The van der Waals surface area contributed by atoms with E-state index in [0.29, 0.717) is 0 Å². The first-order valence-corrected chi connectivity index (χ1v) is 6.49. The molecule has 1 aliphatic heterocycles. The van der Waals surface area contributed by atoms with Crippen molar-refractivity contribution in [2.75, 3.05) is 19.6 Å². The quantitative estimate of drug-likeness (QED) is 0.893. The summed E-state index contributed by atoms with van der Waals surface area (Å²) in [6.07, 6.45) is 3.36. The zero-order chi connectivity index (χ0) is 11.9. The molecule has 0 unspecified atom stereocenters. The fraction of sp³-hybridized carbons (Fsp3) is 0.462. The molecular weight excluding hydrogens is 314 g/mol. The minimum absolute atomic E-state index is 0. The number of rotatable bonds is 3. The number of nitrogens with one attached hydrogen (secondary N) is 2. The molecule has 1 heterocycles. The van der Waals surface area contributed by atoms with Crippen LogP contribution in [0.4, 0.5) is 0 Å². The molecule has 0 aromatic heterocycles. The Balaban J connectivity index is 0.00000162. The molecule has 18 heavy (non-hydrogen) atoms. The van der Waals surface area contributed by atoms with E-state index in [9.17, 15) is 0 Å². The Kier molecular flexibility index (Phi) is 7.13. The van der Waals surface area contributed by atoms with E-state index in [0.717, 1.165) is 37.0 Å². The molecule has 2 N–H and O–H groups in total. The highest BCUT2D eigenvalue weighted by atomic mass is 79.9. The molecule has 3 nitrogen and oxygen atoms in total. The summed E-state index contributed by atoms with van der Waals surface area (Å²) in [5.74, 6) is 0.941. The molecule has 0 aliphatic carbocycles. The van der Waals surface area contributed by atoms with Crippen molar-refractivity contribution in [2.45, 2.75) is 19.3 Å². The minimum Gasteiger partial charge on any atom is -0.356 e. The van der Waals surface area contributed by atoms with Gasteiger partial charge in [-0.05, 0) is 37.0 Å². The summed E-state index contributed by atoms with van der Waals surface area (Å²) < 4.78 is 0. The molecule has 0 radical (unpaired) electrons. The zero-order valence-electron chi connectivity index (χ0n) is 10.3. The summed E-state index contributed by atoms with van der Waals surface area (Å²) in [4.78, 5) is 4.44. The zero-order valence-corrected chi connectivity index (χ0v) is 12.8. The standard InChI is InChI=1S/C13H18ClN3.BrH/c14-12-5-3-11(4-6-12)7-10-17-13-15-8-1-2-9-16-13;/h3-6H,1-2,7-10H2,(H2,15,16,17);1H. The number of hydrogen-bond acceptors (Lipinski definition) is 3. The average molecular weight is 333 g/mol. The number of aliphatic imine (C=N–C) groups is 1. The molecule has 5 heteroatoms. The molecule has 0 saturated heterocycles. The van der Waals surface area contributed by atoms with Crippen molar-refractivity contribution < 1.29 is 0 Å². The highest BCUT2D eigenvalue weighted by Gasteiger charge is 2.01. The average Bonchev–Trinajstić information content (AvgIpc) is 2.60. The lowest BCUT2D eigenvalue weighted by atomic mass is 10.1. The van der Waals surface area contributed by atoms with Gasteiger partial charge < -0.3 is 10.6 Å². The van der Waals surface area contributed by atoms with Gasteiger partial charge in [0.25, 0.3) is 0 Å². The summed E-state index contributed by atoms with van der Waals surface area (Å²) in [6.45, 7) is 2.84. The molecule has 1 aliphatic rings. The Hall–Kier alpha value is -0.740. The van der Waals surface area contributed by atoms with Crippen molar-refractivity contribution in [1.82, 2.24) is 10.6 Å². The number of nitrogens with zero attached hydrogens (tertiary/aromatic N) is 1. The van der Waals surface area contributed by atoms with Gasteiger partial charge >= 0.3 is 0 Å². The van der Waals surface area contributed by atoms with Gasteiger partial charge in [0.15, 0.2) is 5.96 Å². The molecule has 1 aromatic rings. The predicted octanol–water partition coefficient (Wildman–Crippen LogP) is 2.79. The molecule has 0 amide bonds. The number of benzene rings is 1. The van der Waals surface area contributed by atoms with Crippen molar-refractivity contribution in [3.05, 3.63) is 34.9 Å². The number of guanidine groups is 1. The van der Waals surface area contributed by atoms with Crippen LogP contribution in [0, 0.1) is 0 Å². The number of hydrogen-bond donors (Lipinski definition) is 2. The first-order valence-electron chi connectivity index (χ1n) is 6.11. The topological polar surface area (TPSA) is 36.4 Å². The third-order valence-electron chi connectivity index (χ3n) is 2.77. The SMILES string of the molecule is Br.Clc1ccc(CCNC2=NCCCCN2)cc1. The molecule has 0 spiro atoms. The second kappa shape index (κ2) is 8.38. The molecule has 2 rings (SSSR count). The fourth-order valence-electron chi connectivity index (χ4n) is 1.79. The van der Waals surface area contributed by atoms with Gasteiger partial charge in [-0.1, -0.05) is 23.7 Å². The maximum Gasteiger partial charge on any atom is 0.191 e. The smallest absolute Gasteiger partial charge is 0.191 e. The van der Waals surface area contributed by atoms with Crippen LogP contribution in [0.5, 0.6) is 0 Å². The lowest BCUT2D eigenvalue weighted by molar-refractivity contribution is 0.741. The maximum atomic E-state index is 5.84. The molecular formula is C13H19BrClN3. The van der Waals surface area contributed by atoms with Crippen LogP contribution in [0.3, 0.4) is 0 Å². The van der Waals surface area contributed by atoms with Crippen LogP contribution >= 0.6 is 28.6 Å². The largest absolute Gasteiger partial charge is 0.356 e. The van der Waals surface area contributed by atoms with Gasteiger partial charge in [0.1, 0.15) is 0 Å². The molecule has 0 atom stereocenters. The van der Waals surface area contributed by atoms with Crippen molar-refractivity contribution in [1.29, 1.82) is 0 Å². The highest BCUT2D eigenvalue weighted by Crippen LogP contribution is 2.09. The van der Waals surface area contributed by atoms with Crippen LogP contribution in [-0.2, 0) is 6.42 Å². The number of halogens is 2. The Bertz CT molecular complexity index is 378. The van der Waals surface area contributed by atoms with Crippen molar-refractivity contribution >= 4 is 34.5 Å². The van der Waals surface area contributed by atoms with Crippen LogP contribution in [0.25, 0.3) is 0 Å². The first-order chi connectivity index (χ1) is 8.34. The summed E-state index contributed by atoms with van der Waals surface area (Å²) in [5, 5.41) is 7.41. The third kappa shape index (κ3) is 5.27. The molecule has 0 saturated carbocycles. The maximum absolute atomic E-state index is 5.84. The van der Waals surface area contributed by atoms with Gasteiger partial charge in [0.2, 0.25) is 0 Å². The van der Waals surface area contributed by atoms with E-state index in [2.05, 4.69) is 27.8 Å². The first kappa shape index (κ1) is 15.3. The van der Waals surface area contributed by atoms with E-state index in [4.69, 9.17) is 11.6 Å². The summed E-state index contributed by atoms with van der Waals surface area (Å²) in [6, 6.07) is 7.98. The van der Waals surface area contributed by atoms with E-state index in [-0.39, 0.29) is 17.0 Å². The Morgan fingerprint density at radius 2 is 2.00 bits per heavy atom. The van der Waals surface area contributed by atoms with Gasteiger partial charge in [-0.2, -0.15) is 0 Å². The van der Waals surface area contributed by atoms with Crippen LogP contribution in [-0.4, -0.2) is 25.6 Å². The van der Waals surface area contributed by atoms with E-state index in [1.54, 1.807) is 0 Å². The second-order valence-electron chi connectivity index (χ2n) is 4.17. The van der Waals surface area contributed by atoms with Gasteiger partial charge in [-0.15, -0.1) is 17.0 Å². The summed E-state index contributed by atoms with van der Waals surface area (Å²) in [7, 11) is 0. The Morgan fingerprint density at radius 3 is 2.78 bits per heavy atom. The highest BCUT2D eigenvalue weighted by molar-refractivity contribution is 8.93. The molecule has 0 fully saturated rings. The van der Waals surface area contributed by atoms with Crippen molar-refractivity contribution in [2.24, 2.45) is 4.99 Å². The normalized spacial score (nSPS) is 14.8. The van der Waals surface area contributed by atoms with Crippen LogP contribution in [0.2, 0.25) is 5.02 Å². The van der Waals surface area contributed by atoms with Crippen LogP contribution < -0.4 is 10.6 Å². The molecule has 100 valence electrons. The minimum atomic E-state index is 0. The van der Waals surface area contributed by atoms with Gasteiger partial charge in [-0.25, -0.2) is 0 Å². The van der Waals surface area contributed by atoms with E-state index < -0.39 is 0 Å². The summed E-state index contributed by atoms with van der Waals surface area (Å²) >= 11 is 5.84. The van der Waals surface area contributed by atoms with E-state index in [1.807, 2.05) is 12.1 Å². The predicted molar refractivity (Wildman–Crippen MR) is 83.0 cm³/mol. The van der Waals surface area contributed by atoms with Gasteiger partial charge in [-0.3, -0.25) is 4.99 Å². The van der Waals surface area contributed by atoms with Gasteiger partial charge in [0, 0.05) is 24.7 Å². The lowest BCUT2D eigenvalue weighted by Crippen LogP contribution is -2.38. The van der Waals surface area contributed by atoms with E-state index in [1.165, 1.54) is 18.4 Å². The summed E-state index contributed by atoms with van der Waals surface area (Å²) in [5.41, 5.74) is 1.29. The molecule has 1 aromatic carbocycles. The van der Waals surface area contributed by atoms with Crippen LogP contribution in [0.1, 0.15) is 18.4 Å². The van der Waals surface area contributed by atoms with Crippen LogP contribution in [0.15, 0.2) is 29.3 Å².